The number of aliphatic hydroxyl groups is 1. The number of ether oxygens (including phenoxy) is 1. The molecule has 3 fully saturated rings. The molecule has 0 amide bonds. The number of hydrogen-bond donors (Lipinski definition) is 3. The molecule has 10 heteroatoms. The summed E-state index contributed by atoms with van der Waals surface area (Å²) in [4.78, 5) is 8.15. The van der Waals surface area contributed by atoms with Crippen LogP contribution in [0.15, 0.2) is 29.1 Å². The molecule has 7 nitrogen and oxygen atoms in total. The van der Waals surface area contributed by atoms with Crippen LogP contribution in [0.25, 0.3) is 11.0 Å². The summed E-state index contributed by atoms with van der Waals surface area (Å²) in [6.45, 7) is 1.55. The molecule has 0 aromatic carbocycles. The zero-order valence-electron chi connectivity index (χ0n) is 16.3. The van der Waals surface area contributed by atoms with Crippen molar-refractivity contribution < 1.29 is 18.6 Å². The Morgan fingerprint density at radius 1 is 1.43 bits per heavy atom. The largest absolute Gasteiger partial charge is 0.387 e. The summed E-state index contributed by atoms with van der Waals surface area (Å²) >= 11 is 3.40. The van der Waals surface area contributed by atoms with Gasteiger partial charge in [-0.1, -0.05) is 12.2 Å². The number of nitrogen functional groups attached to an aromatic ring is 1. The lowest BCUT2D eigenvalue weighted by Gasteiger charge is -2.15. The van der Waals surface area contributed by atoms with E-state index in [-0.39, 0.29) is 11.2 Å². The van der Waals surface area contributed by atoms with E-state index in [9.17, 15) is 13.9 Å². The summed E-state index contributed by atoms with van der Waals surface area (Å²) < 4.78 is 36.3. The van der Waals surface area contributed by atoms with Crippen molar-refractivity contribution in [1.82, 2.24) is 19.9 Å². The molecule has 2 saturated carbocycles. The van der Waals surface area contributed by atoms with E-state index in [1.165, 1.54) is 10.9 Å². The van der Waals surface area contributed by atoms with Gasteiger partial charge in [0.15, 0.2) is 12.4 Å². The summed E-state index contributed by atoms with van der Waals surface area (Å²) in [6, 6.07) is 0. The molecule has 2 aliphatic carbocycles. The average molecular weight is 484 g/mol. The van der Waals surface area contributed by atoms with Crippen LogP contribution in [0.3, 0.4) is 0 Å². The van der Waals surface area contributed by atoms with Gasteiger partial charge >= 0.3 is 0 Å². The second kappa shape index (κ2) is 7.22. The lowest BCUT2D eigenvalue weighted by atomic mass is 10.1. The Labute approximate surface area is 180 Å². The lowest BCUT2D eigenvalue weighted by molar-refractivity contribution is -0.00150. The first kappa shape index (κ1) is 20.3. The highest BCUT2D eigenvalue weighted by molar-refractivity contribution is 9.10. The minimum atomic E-state index is -1.61. The number of fused-ring (bicyclic) bond motifs is 2. The first-order valence-corrected chi connectivity index (χ1v) is 10.9. The van der Waals surface area contributed by atoms with Gasteiger partial charge in [-0.25, -0.2) is 18.7 Å². The number of aliphatic hydroxyl groups excluding tert-OH is 1. The molecule has 1 saturated heterocycles. The van der Waals surface area contributed by atoms with E-state index in [4.69, 9.17) is 10.5 Å². The normalized spacial score (nSPS) is 37.2. The van der Waals surface area contributed by atoms with Crippen molar-refractivity contribution in [3.05, 3.63) is 29.1 Å². The molecule has 2 aromatic heterocycles. The minimum Gasteiger partial charge on any atom is -0.387 e. The monoisotopic (exact) mass is 483 g/mol. The number of nitrogens with two attached hydrogens (primary N) is 1. The summed E-state index contributed by atoms with van der Waals surface area (Å²) in [5, 5.41) is 14.2. The molecule has 0 unspecified atom stereocenters. The first-order valence-electron chi connectivity index (χ1n) is 10.2. The van der Waals surface area contributed by atoms with Crippen molar-refractivity contribution in [2.75, 3.05) is 18.8 Å². The molecular weight excluding hydrogens is 460 g/mol. The zero-order chi connectivity index (χ0) is 21.1. The molecule has 0 spiro atoms. The highest BCUT2D eigenvalue weighted by Crippen LogP contribution is 2.80. The number of nitrogens with one attached hydrogen (secondary N) is 1. The summed E-state index contributed by atoms with van der Waals surface area (Å²) in [7, 11) is 0. The van der Waals surface area contributed by atoms with Crippen molar-refractivity contribution in [2.24, 2.45) is 5.41 Å². The molecule has 0 radical (unpaired) electrons. The molecule has 3 heterocycles. The van der Waals surface area contributed by atoms with E-state index >= 15 is 0 Å². The molecule has 30 heavy (non-hydrogen) atoms. The third kappa shape index (κ3) is 3.24. The number of nitrogens with zero attached hydrogens (tertiary/aromatic N) is 3. The van der Waals surface area contributed by atoms with Crippen LogP contribution in [0.2, 0.25) is 0 Å². The predicted octanol–water partition coefficient (Wildman–Crippen LogP) is 2.80. The number of alkyl halides is 2. The van der Waals surface area contributed by atoms with E-state index < -0.39 is 30.3 Å². The van der Waals surface area contributed by atoms with Gasteiger partial charge in [0.1, 0.15) is 35.7 Å². The van der Waals surface area contributed by atoms with E-state index in [0.29, 0.717) is 28.3 Å². The second-order valence-corrected chi connectivity index (χ2v) is 9.47. The van der Waals surface area contributed by atoms with Gasteiger partial charge in [0.25, 0.3) is 0 Å². The number of halogens is 3. The van der Waals surface area contributed by atoms with E-state index in [1.54, 1.807) is 12.3 Å². The highest BCUT2D eigenvalue weighted by Gasteiger charge is 2.84. The molecule has 4 N–H and O–H groups in total. The highest BCUT2D eigenvalue weighted by atomic mass is 79.9. The topological polar surface area (TPSA) is 98.2 Å². The Kier molecular flexibility index (Phi) is 4.88. The SMILES string of the molecule is Nc1ncnc2c1c(Br)cn2[C@@H]1O[C@H](/C=C/CCCNCC23CC2(F)C3)[C@@H](O)[C@H]1F. The third-order valence-corrected chi connectivity index (χ3v) is 7.15. The smallest absolute Gasteiger partial charge is 0.174 e. The van der Waals surface area contributed by atoms with E-state index in [1.807, 2.05) is 6.08 Å². The summed E-state index contributed by atoms with van der Waals surface area (Å²) in [5.74, 6) is 0.282. The quantitative estimate of drug-likeness (QED) is 0.394. The van der Waals surface area contributed by atoms with Gasteiger partial charge in [-0.05, 0) is 48.2 Å². The fourth-order valence-corrected chi connectivity index (χ4v) is 5.02. The van der Waals surface area contributed by atoms with Crippen molar-refractivity contribution >= 4 is 32.8 Å². The number of aromatic nitrogens is 3. The van der Waals surface area contributed by atoms with Crippen LogP contribution >= 0.6 is 15.9 Å². The van der Waals surface area contributed by atoms with Crippen LogP contribution in [0, 0.1) is 5.41 Å². The van der Waals surface area contributed by atoms with Crippen LogP contribution < -0.4 is 11.1 Å². The van der Waals surface area contributed by atoms with E-state index in [2.05, 4.69) is 31.2 Å². The Balaban J connectivity index is 1.16. The van der Waals surface area contributed by atoms with Gasteiger partial charge in [-0.2, -0.15) is 0 Å². The number of unbranched alkanes of at least 4 members (excludes halogenated alkanes) is 1. The fourth-order valence-electron chi connectivity index (χ4n) is 4.42. The van der Waals surface area contributed by atoms with Gasteiger partial charge in [0.05, 0.1) is 5.39 Å². The molecule has 3 aliphatic rings. The predicted molar refractivity (Wildman–Crippen MR) is 111 cm³/mol. The second-order valence-electron chi connectivity index (χ2n) is 8.61. The number of anilines is 1. The van der Waals surface area contributed by atoms with Gasteiger partial charge in [-0.3, -0.25) is 0 Å². The van der Waals surface area contributed by atoms with Crippen LogP contribution in [-0.2, 0) is 4.74 Å². The molecule has 4 atom stereocenters. The number of rotatable bonds is 8. The molecule has 5 rings (SSSR count). The van der Waals surface area contributed by atoms with Crippen molar-refractivity contribution in [3.63, 3.8) is 0 Å². The van der Waals surface area contributed by atoms with Gasteiger partial charge in [0, 0.05) is 22.6 Å². The zero-order valence-corrected chi connectivity index (χ0v) is 17.9. The van der Waals surface area contributed by atoms with Gasteiger partial charge in [-0.15, -0.1) is 0 Å². The van der Waals surface area contributed by atoms with Gasteiger partial charge in [0.2, 0.25) is 0 Å². The van der Waals surface area contributed by atoms with Crippen LogP contribution in [0.4, 0.5) is 14.6 Å². The molecule has 0 bridgehead atoms. The van der Waals surface area contributed by atoms with Crippen LogP contribution in [-0.4, -0.2) is 56.8 Å². The van der Waals surface area contributed by atoms with Crippen molar-refractivity contribution in [1.29, 1.82) is 0 Å². The Hall–Kier alpha value is -1.62. The van der Waals surface area contributed by atoms with Crippen molar-refractivity contribution in [2.45, 2.75) is 56.0 Å². The molecular formula is C20H24BrF2N5O2. The van der Waals surface area contributed by atoms with E-state index in [0.717, 1.165) is 25.9 Å². The fraction of sp³-hybridized carbons (Fsp3) is 0.600. The maximum Gasteiger partial charge on any atom is 0.174 e. The Morgan fingerprint density at radius 3 is 2.93 bits per heavy atom. The summed E-state index contributed by atoms with van der Waals surface area (Å²) in [5.41, 5.74) is 5.43. The first-order chi connectivity index (χ1) is 14.4. The lowest BCUT2D eigenvalue weighted by Crippen LogP contribution is -2.27. The maximum atomic E-state index is 14.8. The number of hydrogen-bond acceptors (Lipinski definition) is 6. The van der Waals surface area contributed by atoms with Crippen molar-refractivity contribution in [3.8, 4) is 0 Å². The minimum absolute atomic E-state index is 0.0526. The standard InChI is InChI=1S/C20H24BrF2N5O2/c21-11-6-28(17-13(11)16(24)26-10-27-17)18-14(22)15(29)12(30-18)4-2-1-3-5-25-9-19-7-20(19,23)8-19/h2,4,6,10,12,14-15,18,25,29H,1,3,5,7-9H2,(H2,24,26,27)/b4-2+/t12-,14-,15-,18-,19?,20?/m1/s1. The Morgan fingerprint density at radius 2 is 2.20 bits per heavy atom. The summed E-state index contributed by atoms with van der Waals surface area (Å²) in [6.07, 6.45) is 4.94. The average Bonchev–Trinajstić information content (AvgIpc) is 3.34. The van der Waals surface area contributed by atoms with Crippen LogP contribution in [0.5, 0.6) is 0 Å². The van der Waals surface area contributed by atoms with Crippen LogP contribution in [0.1, 0.15) is 31.9 Å². The Bertz CT molecular complexity index is 993. The molecule has 1 aliphatic heterocycles. The number of allylic oxidation sites excluding steroid dienone is 1. The third-order valence-electron chi connectivity index (χ3n) is 6.55. The maximum absolute atomic E-state index is 14.8. The molecule has 2 aromatic rings. The van der Waals surface area contributed by atoms with Gasteiger partial charge < -0.3 is 25.5 Å². The molecule has 162 valence electrons.